The van der Waals surface area contributed by atoms with Gasteiger partial charge in [-0.3, -0.25) is 0 Å². The molecule has 1 aliphatic heterocycles. The molecule has 0 bridgehead atoms. The Balaban J connectivity index is 1.50. The average molecular weight is 487 g/mol. The Morgan fingerprint density at radius 1 is 1.12 bits per heavy atom. The molecule has 3 heterocycles. The highest BCUT2D eigenvalue weighted by Crippen LogP contribution is 2.39. The van der Waals surface area contributed by atoms with Gasteiger partial charge in [-0.25, -0.2) is 28.4 Å². The summed E-state index contributed by atoms with van der Waals surface area (Å²) in [6.07, 6.45) is 4.22. The van der Waals surface area contributed by atoms with Gasteiger partial charge in [0.25, 0.3) is 0 Å². The van der Waals surface area contributed by atoms with E-state index in [1.807, 2.05) is 11.6 Å². The van der Waals surface area contributed by atoms with Gasteiger partial charge in [-0.05, 0) is 44.0 Å². The van der Waals surface area contributed by atoms with E-state index in [4.69, 9.17) is 26.8 Å². The zero-order chi connectivity index (χ0) is 23.8. The molecule has 1 atom stereocenters. The summed E-state index contributed by atoms with van der Waals surface area (Å²) in [5, 5.41) is 4.40. The maximum Gasteiger partial charge on any atom is 0.191 e. The van der Waals surface area contributed by atoms with Crippen molar-refractivity contribution in [2.45, 2.75) is 31.9 Å². The summed E-state index contributed by atoms with van der Waals surface area (Å²) in [6, 6.07) is 5.91. The van der Waals surface area contributed by atoms with Crippen LogP contribution in [0.25, 0.3) is 22.0 Å². The van der Waals surface area contributed by atoms with Gasteiger partial charge in [-0.15, -0.1) is 0 Å². The zero-order valence-electron chi connectivity index (χ0n) is 18.2. The summed E-state index contributed by atoms with van der Waals surface area (Å²) in [5.74, 6) is -0.674. The number of nitrogens with two attached hydrogens (primary N) is 1. The van der Waals surface area contributed by atoms with Gasteiger partial charge in [0.05, 0.1) is 16.9 Å². The van der Waals surface area contributed by atoms with Crippen LogP contribution in [-0.4, -0.2) is 37.9 Å². The standard InChI is InChI=1S/C23H21ClF2N6O2/c1-12(23-30-11-32(31-23)13-6-8-33-9-7-13)34-17-5-3-15(21-18(17)22(27)29-10-28-21)14-2-4-16(25)19(24)20(14)26/h2-5,10-13H,6-9H2,1H3,(H2,27,28,29)/t12-/m1/s1. The molecule has 2 N–H and O–H groups in total. The van der Waals surface area contributed by atoms with Crippen LogP contribution in [0.5, 0.6) is 5.75 Å². The third-order valence-electron chi connectivity index (χ3n) is 5.86. The van der Waals surface area contributed by atoms with E-state index in [2.05, 4.69) is 20.1 Å². The lowest BCUT2D eigenvalue weighted by Crippen LogP contribution is -2.20. The quantitative estimate of drug-likeness (QED) is 0.400. The van der Waals surface area contributed by atoms with Gasteiger partial charge in [0.1, 0.15) is 35.1 Å². The van der Waals surface area contributed by atoms with Crippen LogP contribution < -0.4 is 10.5 Å². The third kappa shape index (κ3) is 4.03. The monoisotopic (exact) mass is 486 g/mol. The van der Waals surface area contributed by atoms with E-state index in [0.717, 1.165) is 18.9 Å². The minimum absolute atomic E-state index is 0.0889. The molecule has 0 aliphatic carbocycles. The number of nitrogen functional groups attached to an aromatic ring is 1. The molecule has 8 nitrogen and oxygen atoms in total. The normalized spacial score (nSPS) is 15.5. The molecule has 2 aromatic carbocycles. The average Bonchev–Trinajstić information content (AvgIpc) is 3.35. The Morgan fingerprint density at radius 2 is 1.88 bits per heavy atom. The Hall–Kier alpha value is -3.37. The van der Waals surface area contributed by atoms with Crippen molar-refractivity contribution < 1.29 is 18.3 Å². The molecular weight excluding hydrogens is 466 g/mol. The second-order valence-electron chi connectivity index (χ2n) is 8.00. The van der Waals surface area contributed by atoms with Crippen molar-refractivity contribution in [1.29, 1.82) is 0 Å². The molecule has 1 aliphatic rings. The second-order valence-corrected chi connectivity index (χ2v) is 8.38. The number of aromatic nitrogens is 5. The molecule has 1 saturated heterocycles. The van der Waals surface area contributed by atoms with Crippen molar-refractivity contribution in [1.82, 2.24) is 24.7 Å². The Kier molecular flexibility index (Phi) is 6.01. The minimum atomic E-state index is -0.884. The highest BCUT2D eigenvalue weighted by atomic mass is 35.5. The highest BCUT2D eigenvalue weighted by Gasteiger charge is 2.22. The molecule has 34 heavy (non-hydrogen) atoms. The van der Waals surface area contributed by atoms with E-state index in [9.17, 15) is 8.78 Å². The van der Waals surface area contributed by atoms with Gasteiger partial charge in [0.15, 0.2) is 17.7 Å². The molecule has 0 radical (unpaired) electrons. The number of nitrogens with zero attached hydrogens (tertiary/aromatic N) is 5. The molecule has 0 spiro atoms. The Labute approximate surface area is 198 Å². The summed E-state index contributed by atoms with van der Waals surface area (Å²) in [7, 11) is 0. The van der Waals surface area contributed by atoms with Gasteiger partial charge < -0.3 is 15.2 Å². The van der Waals surface area contributed by atoms with Crippen molar-refractivity contribution >= 4 is 28.3 Å². The van der Waals surface area contributed by atoms with Crippen LogP contribution in [0.3, 0.4) is 0 Å². The van der Waals surface area contributed by atoms with E-state index in [1.54, 1.807) is 18.5 Å². The molecular formula is C23H21ClF2N6O2. The van der Waals surface area contributed by atoms with Gasteiger partial charge >= 0.3 is 0 Å². The van der Waals surface area contributed by atoms with E-state index in [1.165, 1.54) is 12.4 Å². The van der Waals surface area contributed by atoms with Gasteiger partial charge in [0, 0.05) is 24.3 Å². The predicted molar refractivity (Wildman–Crippen MR) is 122 cm³/mol. The number of ether oxygens (including phenoxy) is 2. The van der Waals surface area contributed by atoms with Crippen LogP contribution in [-0.2, 0) is 4.74 Å². The number of halogens is 3. The largest absolute Gasteiger partial charge is 0.482 e. The topological polar surface area (TPSA) is 101 Å². The van der Waals surface area contributed by atoms with E-state index in [-0.39, 0.29) is 17.4 Å². The molecule has 176 valence electrons. The van der Waals surface area contributed by atoms with Crippen molar-refractivity contribution in [2.75, 3.05) is 18.9 Å². The molecule has 5 rings (SSSR count). The molecule has 11 heteroatoms. The van der Waals surface area contributed by atoms with Crippen LogP contribution in [0.15, 0.2) is 36.9 Å². The first-order valence-corrected chi connectivity index (χ1v) is 11.1. The minimum Gasteiger partial charge on any atom is -0.482 e. The van der Waals surface area contributed by atoms with Crippen LogP contribution in [0, 0.1) is 11.6 Å². The molecule has 4 aromatic rings. The first-order valence-electron chi connectivity index (χ1n) is 10.8. The maximum atomic E-state index is 14.8. The number of benzene rings is 2. The lowest BCUT2D eigenvalue weighted by Gasteiger charge is -2.21. The molecule has 0 unspecified atom stereocenters. The summed E-state index contributed by atoms with van der Waals surface area (Å²) >= 11 is 5.79. The smallest absolute Gasteiger partial charge is 0.191 e. The predicted octanol–water partition coefficient (Wildman–Crippen LogP) is 4.89. The zero-order valence-corrected chi connectivity index (χ0v) is 19.0. The van der Waals surface area contributed by atoms with Crippen molar-refractivity contribution in [3.05, 3.63) is 59.4 Å². The lowest BCUT2D eigenvalue weighted by atomic mass is 10.0. The second kappa shape index (κ2) is 9.11. The first kappa shape index (κ1) is 22.4. The third-order valence-corrected chi connectivity index (χ3v) is 6.21. The van der Waals surface area contributed by atoms with Crippen LogP contribution >= 0.6 is 11.6 Å². The number of hydrogen-bond donors (Lipinski definition) is 1. The molecule has 2 aromatic heterocycles. The SMILES string of the molecule is C[C@@H](Oc1ccc(-c2ccc(F)c(Cl)c2F)c2ncnc(N)c12)c1ncn(C2CCOCC2)n1. The molecule has 0 amide bonds. The highest BCUT2D eigenvalue weighted by molar-refractivity contribution is 6.31. The lowest BCUT2D eigenvalue weighted by molar-refractivity contribution is 0.0658. The number of fused-ring (bicyclic) bond motifs is 1. The first-order chi connectivity index (χ1) is 16.4. The van der Waals surface area contributed by atoms with E-state index in [0.29, 0.717) is 41.3 Å². The number of anilines is 1. The van der Waals surface area contributed by atoms with Gasteiger partial charge in [-0.2, -0.15) is 5.10 Å². The van der Waals surface area contributed by atoms with Gasteiger partial charge in [-0.1, -0.05) is 11.6 Å². The Bertz CT molecular complexity index is 1360. The van der Waals surface area contributed by atoms with E-state index < -0.39 is 22.8 Å². The summed E-state index contributed by atoms with van der Waals surface area (Å²) in [4.78, 5) is 12.8. The fourth-order valence-electron chi connectivity index (χ4n) is 4.06. The fraction of sp³-hybridized carbons (Fsp3) is 0.304. The maximum absolute atomic E-state index is 14.8. The van der Waals surface area contributed by atoms with Crippen LogP contribution in [0.2, 0.25) is 5.02 Å². The fourth-order valence-corrected chi connectivity index (χ4v) is 4.23. The molecule has 0 saturated carbocycles. The van der Waals surface area contributed by atoms with Crippen molar-refractivity contribution in [2.24, 2.45) is 0 Å². The summed E-state index contributed by atoms with van der Waals surface area (Å²) < 4.78 is 41.9. The van der Waals surface area contributed by atoms with Crippen molar-refractivity contribution in [3.63, 3.8) is 0 Å². The van der Waals surface area contributed by atoms with Gasteiger partial charge in [0.2, 0.25) is 0 Å². The van der Waals surface area contributed by atoms with Crippen LogP contribution in [0.4, 0.5) is 14.6 Å². The van der Waals surface area contributed by atoms with E-state index >= 15 is 0 Å². The molecule has 1 fully saturated rings. The number of hydrogen-bond acceptors (Lipinski definition) is 7. The summed E-state index contributed by atoms with van der Waals surface area (Å²) in [5.41, 5.74) is 6.97. The Morgan fingerprint density at radius 3 is 2.68 bits per heavy atom. The summed E-state index contributed by atoms with van der Waals surface area (Å²) in [6.45, 7) is 3.22. The van der Waals surface area contributed by atoms with Crippen LogP contribution in [0.1, 0.15) is 37.7 Å². The van der Waals surface area contributed by atoms with Crippen molar-refractivity contribution in [3.8, 4) is 16.9 Å². The number of rotatable bonds is 5.